The lowest BCUT2D eigenvalue weighted by Crippen LogP contribution is -2.25. The first-order valence-electron chi connectivity index (χ1n) is 10.0. The van der Waals surface area contributed by atoms with Crippen LogP contribution in [0.4, 0.5) is 13.2 Å². The molecule has 0 aliphatic carbocycles. The number of hydrogen-bond acceptors (Lipinski definition) is 5. The fourth-order valence-corrected chi connectivity index (χ4v) is 2.45. The molecule has 1 unspecified atom stereocenters. The molecule has 0 saturated carbocycles. The van der Waals surface area contributed by atoms with Gasteiger partial charge in [0, 0.05) is 19.6 Å². The van der Waals surface area contributed by atoms with E-state index in [2.05, 4.69) is 0 Å². The van der Waals surface area contributed by atoms with Gasteiger partial charge in [-0.2, -0.15) is 13.2 Å². The van der Waals surface area contributed by atoms with E-state index in [0.29, 0.717) is 17.9 Å². The van der Waals surface area contributed by atoms with Crippen LogP contribution in [0.5, 0.6) is 17.2 Å². The Bertz CT molecular complexity index is 887. The van der Waals surface area contributed by atoms with Crippen molar-refractivity contribution in [1.82, 2.24) is 0 Å². The Kier molecular flexibility index (Phi) is 8.72. The molecule has 0 spiro atoms. The van der Waals surface area contributed by atoms with E-state index >= 15 is 0 Å². The topological polar surface area (TPSA) is 54.0 Å². The fraction of sp³-hybridized carbons (Fsp3) is 0.375. The third kappa shape index (κ3) is 8.63. The molecule has 5 nitrogen and oxygen atoms in total. The number of esters is 1. The second-order valence-corrected chi connectivity index (χ2v) is 7.66. The van der Waals surface area contributed by atoms with Crippen molar-refractivity contribution in [3.63, 3.8) is 0 Å². The van der Waals surface area contributed by atoms with Crippen LogP contribution < -0.4 is 9.47 Å². The van der Waals surface area contributed by atoms with Crippen LogP contribution in [0.1, 0.15) is 32.8 Å². The van der Waals surface area contributed by atoms with Crippen molar-refractivity contribution in [3.8, 4) is 17.2 Å². The zero-order valence-electron chi connectivity index (χ0n) is 18.4. The predicted molar refractivity (Wildman–Crippen MR) is 114 cm³/mol. The first-order valence-corrected chi connectivity index (χ1v) is 10.0. The first-order chi connectivity index (χ1) is 15.0. The summed E-state index contributed by atoms with van der Waals surface area (Å²) in [5, 5.41) is 0. The highest BCUT2D eigenvalue weighted by atomic mass is 19.4. The Labute approximate surface area is 185 Å². The molecule has 0 heterocycles. The van der Waals surface area contributed by atoms with Gasteiger partial charge in [0.05, 0.1) is 17.8 Å². The lowest BCUT2D eigenvalue weighted by Gasteiger charge is -2.22. The number of ether oxygens (including phenoxy) is 4. The van der Waals surface area contributed by atoms with Crippen LogP contribution in [-0.2, 0) is 20.4 Å². The molecule has 1 atom stereocenters. The highest BCUT2D eigenvalue weighted by Gasteiger charge is 2.30. The maximum atomic E-state index is 12.6. The minimum atomic E-state index is -4.39. The second kappa shape index (κ2) is 11.0. The van der Waals surface area contributed by atoms with Gasteiger partial charge in [-0.15, -0.1) is 0 Å². The predicted octanol–water partition coefficient (Wildman–Crippen LogP) is 6.18. The van der Waals surface area contributed by atoms with Crippen LogP contribution in [0.25, 0.3) is 0 Å². The van der Waals surface area contributed by atoms with Crippen LogP contribution in [-0.4, -0.2) is 31.4 Å². The number of methoxy groups -OCH3 is 1. The minimum Gasteiger partial charge on any atom is -0.487 e. The normalized spacial score (nSPS) is 13.1. The molecule has 0 aliphatic rings. The number of rotatable bonds is 10. The average Bonchev–Trinajstić information content (AvgIpc) is 2.73. The number of carbonyl (C=O) groups excluding carboxylic acids is 1. The number of hydrogen-bond donors (Lipinski definition) is 0. The van der Waals surface area contributed by atoms with E-state index in [1.807, 2.05) is 13.8 Å². The van der Waals surface area contributed by atoms with E-state index in [0.717, 1.165) is 12.1 Å². The SMILES string of the molecule is COC(C)(C)CCOC(=O)C=CC(C)Oc1ccc(Oc2ccc(C(F)(F)F)cc2)cc1. The summed E-state index contributed by atoms with van der Waals surface area (Å²) < 4.78 is 59.5. The molecule has 0 aromatic heterocycles. The van der Waals surface area contributed by atoms with Crippen molar-refractivity contribution in [2.24, 2.45) is 0 Å². The molecule has 0 aliphatic heterocycles. The van der Waals surface area contributed by atoms with Gasteiger partial charge in [0.25, 0.3) is 0 Å². The molecular formula is C24H27F3O5. The quantitative estimate of drug-likeness (QED) is 0.318. The Balaban J connectivity index is 1.81. The van der Waals surface area contributed by atoms with Gasteiger partial charge >= 0.3 is 12.1 Å². The molecule has 174 valence electrons. The van der Waals surface area contributed by atoms with Gasteiger partial charge in [0.2, 0.25) is 0 Å². The van der Waals surface area contributed by atoms with Crippen LogP contribution in [0.3, 0.4) is 0 Å². The maximum Gasteiger partial charge on any atom is 0.416 e. The van der Waals surface area contributed by atoms with Gasteiger partial charge < -0.3 is 18.9 Å². The van der Waals surface area contributed by atoms with Gasteiger partial charge in [-0.25, -0.2) is 4.79 Å². The Morgan fingerprint density at radius 3 is 2.03 bits per heavy atom. The van der Waals surface area contributed by atoms with Crippen molar-refractivity contribution in [1.29, 1.82) is 0 Å². The number of benzene rings is 2. The van der Waals surface area contributed by atoms with Gasteiger partial charge in [-0.05, 0) is 75.4 Å². The van der Waals surface area contributed by atoms with Crippen molar-refractivity contribution in [2.75, 3.05) is 13.7 Å². The van der Waals surface area contributed by atoms with Gasteiger partial charge in [0.1, 0.15) is 23.4 Å². The molecule has 8 heteroatoms. The zero-order chi connectivity index (χ0) is 23.8. The molecular weight excluding hydrogens is 425 g/mol. The van der Waals surface area contributed by atoms with E-state index in [1.165, 1.54) is 18.2 Å². The second-order valence-electron chi connectivity index (χ2n) is 7.66. The van der Waals surface area contributed by atoms with Gasteiger partial charge in [-0.1, -0.05) is 0 Å². The summed E-state index contributed by atoms with van der Waals surface area (Å²) in [6.07, 6.45) is -1.31. The zero-order valence-corrected chi connectivity index (χ0v) is 18.4. The summed E-state index contributed by atoms with van der Waals surface area (Å²) in [5.74, 6) is 0.808. The fourth-order valence-electron chi connectivity index (χ4n) is 2.45. The summed E-state index contributed by atoms with van der Waals surface area (Å²) >= 11 is 0. The standard InChI is InChI=1S/C24H27F3O5/c1-17(5-14-22(28)30-16-15-23(2,3)29-4)31-19-10-12-21(13-11-19)32-20-8-6-18(7-9-20)24(25,26)27/h5-14,17H,15-16H2,1-4H3. The molecule has 2 aromatic rings. The number of alkyl halides is 3. The summed E-state index contributed by atoms with van der Waals surface area (Å²) in [6, 6.07) is 11.0. The molecule has 0 amide bonds. The van der Waals surface area contributed by atoms with Gasteiger partial charge in [-0.3, -0.25) is 0 Å². The van der Waals surface area contributed by atoms with Crippen LogP contribution in [0, 0.1) is 0 Å². The Morgan fingerprint density at radius 2 is 1.50 bits per heavy atom. The lowest BCUT2D eigenvalue weighted by molar-refractivity contribution is -0.139. The third-order valence-corrected chi connectivity index (χ3v) is 4.57. The third-order valence-electron chi connectivity index (χ3n) is 4.57. The Morgan fingerprint density at radius 1 is 0.969 bits per heavy atom. The van der Waals surface area contributed by atoms with E-state index < -0.39 is 17.7 Å². The molecule has 2 aromatic carbocycles. The average molecular weight is 452 g/mol. The molecule has 32 heavy (non-hydrogen) atoms. The summed E-state index contributed by atoms with van der Waals surface area (Å²) in [5.41, 5.74) is -1.10. The highest BCUT2D eigenvalue weighted by molar-refractivity contribution is 5.81. The van der Waals surface area contributed by atoms with Crippen LogP contribution in [0.2, 0.25) is 0 Å². The van der Waals surface area contributed by atoms with Crippen molar-refractivity contribution in [3.05, 3.63) is 66.2 Å². The molecule has 0 N–H and O–H groups in total. The lowest BCUT2D eigenvalue weighted by atomic mass is 10.1. The highest BCUT2D eigenvalue weighted by Crippen LogP contribution is 2.31. The van der Waals surface area contributed by atoms with Crippen molar-refractivity contribution in [2.45, 2.75) is 45.1 Å². The van der Waals surface area contributed by atoms with Crippen LogP contribution in [0.15, 0.2) is 60.7 Å². The largest absolute Gasteiger partial charge is 0.487 e. The molecule has 0 fully saturated rings. The summed E-state index contributed by atoms with van der Waals surface area (Å²) in [6.45, 7) is 5.84. The molecule has 0 bridgehead atoms. The van der Waals surface area contributed by atoms with E-state index in [-0.39, 0.29) is 24.1 Å². The molecule has 0 saturated heterocycles. The van der Waals surface area contributed by atoms with E-state index in [9.17, 15) is 18.0 Å². The van der Waals surface area contributed by atoms with Crippen molar-refractivity contribution < 1.29 is 36.9 Å². The summed E-state index contributed by atoms with van der Waals surface area (Å²) in [4.78, 5) is 11.8. The van der Waals surface area contributed by atoms with Gasteiger partial charge in [0.15, 0.2) is 0 Å². The van der Waals surface area contributed by atoms with Crippen LogP contribution >= 0.6 is 0 Å². The number of carbonyl (C=O) groups is 1. The number of halogens is 3. The molecule has 2 rings (SSSR count). The summed E-state index contributed by atoms with van der Waals surface area (Å²) in [7, 11) is 1.61. The van der Waals surface area contributed by atoms with E-state index in [1.54, 1.807) is 44.4 Å². The monoisotopic (exact) mass is 452 g/mol. The smallest absolute Gasteiger partial charge is 0.416 e. The van der Waals surface area contributed by atoms with Crippen molar-refractivity contribution >= 4 is 5.97 Å². The first kappa shape index (κ1) is 25.3. The maximum absolute atomic E-state index is 12.6. The van der Waals surface area contributed by atoms with E-state index in [4.69, 9.17) is 18.9 Å². The Hall–Kier alpha value is -3.00. The molecule has 0 radical (unpaired) electrons. The minimum absolute atomic E-state index is 0.250.